The third-order valence-electron chi connectivity index (χ3n) is 4.81. The maximum absolute atomic E-state index is 13.3. The Morgan fingerprint density at radius 1 is 1.03 bits per heavy atom. The molecule has 1 amide bonds. The van der Waals surface area contributed by atoms with Gasteiger partial charge in [-0.05, 0) is 61.9 Å². The molecule has 10 heteroatoms. The lowest BCUT2D eigenvalue weighted by Gasteiger charge is -2.23. The Balaban J connectivity index is 1.66. The van der Waals surface area contributed by atoms with Crippen LogP contribution in [0.4, 0.5) is 14.5 Å². The largest absolute Gasteiger partial charge is 0.306 e. The van der Waals surface area contributed by atoms with Crippen LogP contribution in [0.15, 0.2) is 58.8 Å². The van der Waals surface area contributed by atoms with Crippen LogP contribution in [-0.2, 0) is 21.4 Å². The van der Waals surface area contributed by atoms with Crippen LogP contribution in [0.25, 0.3) is 0 Å². The normalized spacial score (nSPS) is 11.7. The van der Waals surface area contributed by atoms with Gasteiger partial charge in [0.1, 0.15) is 11.6 Å². The third-order valence-corrected chi connectivity index (χ3v) is 7.50. The number of amides is 1. The molecule has 1 aromatic heterocycles. The second-order valence-electron chi connectivity index (χ2n) is 7.20. The zero-order chi connectivity index (χ0) is 23.3. The van der Waals surface area contributed by atoms with Gasteiger partial charge in [0.05, 0.1) is 22.1 Å². The van der Waals surface area contributed by atoms with E-state index in [1.165, 1.54) is 59.7 Å². The summed E-state index contributed by atoms with van der Waals surface area (Å²) in [4.78, 5) is 18.9. The number of thiazole rings is 1. The fraction of sp³-hybridized carbons (Fsp3) is 0.273. The Bertz CT molecular complexity index is 1160. The Morgan fingerprint density at radius 3 is 2.19 bits per heavy atom. The van der Waals surface area contributed by atoms with Crippen molar-refractivity contribution in [3.05, 3.63) is 76.2 Å². The summed E-state index contributed by atoms with van der Waals surface area (Å²) >= 11 is 1.47. The first kappa shape index (κ1) is 24.0. The number of benzene rings is 2. The molecule has 3 rings (SSSR count). The van der Waals surface area contributed by atoms with Crippen LogP contribution in [0.5, 0.6) is 0 Å². The van der Waals surface area contributed by atoms with Crippen molar-refractivity contribution in [2.45, 2.75) is 31.2 Å². The van der Waals surface area contributed by atoms with E-state index in [0.29, 0.717) is 5.69 Å². The van der Waals surface area contributed by atoms with Crippen molar-refractivity contribution < 1.29 is 22.0 Å². The van der Waals surface area contributed by atoms with Crippen LogP contribution in [0.1, 0.15) is 23.5 Å². The molecule has 3 aromatic rings. The number of rotatable bonds is 9. The summed E-state index contributed by atoms with van der Waals surface area (Å²) < 4.78 is 52.8. The summed E-state index contributed by atoms with van der Waals surface area (Å²) in [5.74, 6) is -1.15. The second kappa shape index (κ2) is 10.3. The first-order valence-corrected chi connectivity index (χ1v) is 12.2. The Morgan fingerprint density at radius 2 is 1.62 bits per heavy atom. The van der Waals surface area contributed by atoms with Crippen molar-refractivity contribution in [3.63, 3.8) is 0 Å². The van der Waals surface area contributed by atoms with Crippen LogP contribution in [0.3, 0.4) is 0 Å². The average Bonchev–Trinajstić information content (AvgIpc) is 3.17. The predicted octanol–water partition coefficient (Wildman–Crippen LogP) is 4.36. The van der Waals surface area contributed by atoms with E-state index in [1.54, 1.807) is 0 Å². The van der Waals surface area contributed by atoms with E-state index in [1.807, 2.05) is 12.3 Å². The summed E-state index contributed by atoms with van der Waals surface area (Å²) in [5.41, 5.74) is 1.26. The van der Waals surface area contributed by atoms with Crippen molar-refractivity contribution in [3.8, 4) is 0 Å². The molecule has 0 radical (unpaired) electrons. The zero-order valence-electron chi connectivity index (χ0n) is 17.7. The smallest absolute Gasteiger partial charge is 0.242 e. The summed E-state index contributed by atoms with van der Waals surface area (Å²) in [7, 11) is -2.37. The van der Waals surface area contributed by atoms with Crippen molar-refractivity contribution in [2.24, 2.45) is 0 Å². The van der Waals surface area contributed by atoms with Gasteiger partial charge in [-0.3, -0.25) is 4.79 Å². The molecule has 2 aromatic carbocycles. The van der Waals surface area contributed by atoms with Gasteiger partial charge in [0.15, 0.2) is 0 Å². The van der Waals surface area contributed by atoms with Gasteiger partial charge in [-0.15, -0.1) is 11.3 Å². The number of sulfonamides is 1. The summed E-state index contributed by atoms with van der Waals surface area (Å²) in [6.07, 6.45) is 0.368. The van der Waals surface area contributed by atoms with Crippen LogP contribution in [0.2, 0.25) is 0 Å². The lowest BCUT2D eigenvalue weighted by atomic mass is 10.2. The van der Waals surface area contributed by atoms with E-state index in [0.717, 1.165) is 27.1 Å². The summed E-state index contributed by atoms with van der Waals surface area (Å²) in [6.45, 7) is 2.21. The lowest BCUT2D eigenvalue weighted by Crippen LogP contribution is -2.32. The number of aryl methyl sites for hydroxylation is 1. The van der Waals surface area contributed by atoms with Crippen LogP contribution >= 0.6 is 11.3 Å². The zero-order valence-corrected chi connectivity index (χ0v) is 19.3. The summed E-state index contributed by atoms with van der Waals surface area (Å²) in [6, 6.07) is 10.2. The molecule has 32 heavy (non-hydrogen) atoms. The lowest BCUT2D eigenvalue weighted by molar-refractivity contribution is -0.118. The molecule has 0 aliphatic heterocycles. The molecule has 0 fully saturated rings. The average molecular weight is 480 g/mol. The van der Waals surface area contributed by atoms with Gasteiger partial charge in [-0.2, -0.15) is 0 Å². The Kier molecular flexibility index (Phi) is 7.70. The van der Waals surface area contributed by atoms with Gasteiger partial charge in [0.25, 0.3) is 0 Å². The highest BCUT2D eigenvalue weighted by Crippen LogP contribution is 2.21. The van der Waals surface area contributed by atoms with E-state index in [4.69, 9.17) is 0 Å². The summed E-state index contributed by atoms with van der Waals surface area (Å²) in [5, 5.41) is 2.74. The monoisotopic (exact) mass is 479 g/mol. The standard InChI is InChI=1S/C22H23F2N3O3S2/c1-16-25-19(15-31-16)14-27(20-9-5-17(23)6-10-20)22(28)4-3-13-26(2)32(29,30)21-11-7-18(24)8-12-21/h5-12,15H,3-4,13-14H2,1-2H3. The minimum absolute atomic E-state index is 0.0143. The molecule has 170 valence electrons. The maximum Gasteiger partial charge on any atom is 0.242 e. The van der Waals surface area contributed by atoms with Crippen molar-refractivity contribution >= 4 is 33.0 Å². The van der Waals surface area contributed by atoms with Crippen LogP contribution in [0, 0.1) is 18.6 Å². The fourth-order valence-electron chi connectivity index (χ4n) is 3.08. The van der Waals surface area contributed by atoms with Gasteiger partial charge in [-0.25, -0.2) is 26.5 Å². The van der Waals surface area contributed by atoms with Gasteiger partial charge in [0, 0.05) is 31.1 Å². The van der Waals surface area contributed by atoms with Gasteiger partial charge < -0.3 is 4.90 Å². The number of hydrogen-bond donors (Lipinski definition) is 0. The fourth-order valence-corrected chi connectivity index (χ4v) is 4.90. The third kappa shape index (κ3) is 5.96. The molecule has 1 heterocycles. The molecule has 0 saturated heterocycles. The maximum atomic E-state index is 13.3. The van der Waals surface area contributed by atoms with Gasteiger partial charge in [-0.1, -0.05) is 0 Å². The minimum Gasteiger partial charge on any atom is -0.306 e. The minimum atomic E-state index is -3.79. The number of nitrogens with zero attached hydrogens (tertiary/aromatic N) is 3. The van der Waals surface area contributed by atoms with Crippen molar-refractivity contribution in [2.75, 3.05) is 18.5 Å². The van der Waals surface area contributed by atoms with E-state index < -0.39 is 21.7 Å². The molecule has 0 bridgehead atoms. The number of carbonyl (C=O) groups is 1. The van der Waals surface area contributed by atoms with E-state index >= 15 is 0 Å². The second-order valence-corrected chi connectivity index (χ2v) is 10.3. The number of carbonyl (C=O) groups excluding carboxylic acids is 1. The van der Waals surface area contributed by atoms with Gasteiger partial charge >= 0.3 is 0 Å². The molecule has 0 aliphatic rings. The predicted molar refractivity (Wildman–Crippen MR) is 120 cm³/mol. The van der Waals surface area contributed by atoms with E-state index in [2.05, 4.69) is 4.98 Å². The molecule has 0 atom stereocenters. The molecule has 0 spiro atoms. The molecular weight excluding hydrogens is 456 g/mol. The van der Waals surface area contributed by atoms with Crippen LogP contribution < -0.4 is 4.90 Å². The van der Waals surface area contributed by atoms with Crippen molar-refractivity contribution in [1.82, 2.24) is 9.29 Å². The first-order chi connectivity index (χ1) is 15.2. The topological polar surface area (TPSA) is 70.6 Å². The number of hydrogen-bond acceptors (Lipinski definition) is 5. The Labute approximate surface area is 190 Å². The number of aromatic nitrogens is 1. The molecular formula is C22H23F2N3O3S2. The highest BCUT2D eigenvalue weighted by molar-refractivity contribution is 7.89. The van der Waals surface area contributed by atoms with E-state index in [-0.39, 0.29) is 36.7 Å². The van der Waals surface area contributed by atoms with Crippen molar-refractivity contribution in [1.29, 1.82) is 0 Å². The number of halogens is 2. The SMILES string of the molecule is Cc1nc(CN(C(=O)CCCN(C)S(=O)(=O)c2ccc(F)cc2)c2ccc(F)cc2)cs1. The molecule has 0 unspecified atom stereocenters. The first-order valence-electron chi connectivity index (χ1n) is 9.85. The highest BCUT2D eigenvalue weighted by atomic mass is 32.2. The molecule has 0 aliphatic carbocycles. The Hall–Kier alpha value is -2.69. The number of anilines is 1. The van der Waals surface area contributed by atoms with E-state index in [9.17, 15) is 22.0 Å². The molecule has 0 saturated carbocycles. The molecule has 0 N–H and O–H groups in total. The quantitative estimate of drug-likeness (QED) is 0.457. The molecule has 6 nitrogen and oxygen atoms in total. The highest BCUT2D eigenvalue weighted by Gasteiger charge is 2.22. The van der Waals surface area contributed by atoms with Crippen LogP contribution in [-0.4, -0.2) is 37.2 Å². The van der Waals surface area contributed by atoms with Gasteiger partial charge in [0.2, 0.25) is 15.9 Å².